The van der Waals surface area contributed by atoms with Crippen LogP contribution in [0.15, 0.2) is 60.9 Å². The van der Waals surface area contributed by atoms with Crippen LogP contribution in [0.3, 0.4) is 0 Å². The highest BCUT2D eigenvalue weighted by Crippen LogP contribution is 2.22. The number of nitrogens with zero attached hydrogens (tertiary/aromatic N) is 2. The predicted octanol–water partition coefficient (Wildman–Crippen LogP) is 3.72. The number of rotatable bonds is 5. The molecule has 1 aliphatic carbocycles. The fourth-order valence-corrected chi connectivity index (χ4v) is 3.51. The zero-order chi connectivity index (χ0) is 17.8. The van der Waals surface area contributed by atoms with Crippen LogP contribution in [0.5, 0.6) is 0 Å². The molecule has 0 radical (unpaired) electrons. The number of benzene rings is 2. The van der Waals surface area contributed by atoms with Gasteiger partial charge in [0.1, 0.15) is 0 Å². The molecule has 0 aliphatic heterocycles. The van der Waals surface area contributed by atoms with Crippen molar-refractivity contribution in [3.05, 3.63) is 83.2 Å². The van der Waals surface area contributed by atoms with E-state index < -0.39 is 0 Å². The van der Waals surface area contributed by atoms with Crippen molar-refractivity contribution >= 4 is 5.91 Å². The van der Waals surface area contributed by atoms with Gasteiger partial charge >= 0.3 is 0 Å². The van der Waals surface area contributed by atoms with Gasteiger partial charge in [-0.25, -0.2) is 4.68 Å². The van der Waals surface area contributed by atoms with Crippen LogP contribution in [0, 0.1) is 0 Å². The average molecular weight is 345 g/mol. The zero-order valence-corrected chi connectivity index (χ0v) is 14.8. The second-order valence-corrected chi connectivity index (χ2v) is 6.83. The largest absolute Gasteiger partial charge is 0.352 e. The van der Waals surface area contributed by atoms with Crippen LogP contribution in [0.25, 0.3) is 5.69 Å². The van der Waals surface area contributed by atoms with Crippen molar-refractivity contribution in [3.63, 3.8) is 0 Å². The SMILES string of the molecule is O=C(NCCc1cnn(-c2ccccc2)c1)c1ccc2c(c1)CCCC2. The number of amides is 1. The number of para-hydroxylation sites is 1. The molecule has 1 aliphatic rings. The first-order valence-corrected chi connectivity index (χ1v) is 9.28. The van der Waals surface area contributed by atoms with Crippen molar-refractivity contribution in [2.75, 3.05) is 6.54 Å². The molecule has 4 nitrogen and oxygen atoms in total. The summed E-state index contributed by atoms with van der Waals surface area (Å²) in [5.74, 6) is 0.00817. The van der Waals surface area contributed by atoms with Gasteiger partial charge in [-0.2, -0.15) is 5.10 Å². The summed E-state index contributed by atoms with van der Waals surface area (Å²) in [5, 5.41) is 7.42. The van der Waals surface area contributed by atoms with Crippen LogP contribution in [-0.4, -0.2) is 22.2 Å². The number of nitrogens with one attached hydrogen (secondary N) is 1. The number of fused-ring (bicyclic) bond motifs is 1. The normalized spacial score (nSPS) is 13.2. The molecule has 0 saturated heterocycles. The van der Waals surface area contributed by atoms with Crippen molar-refractivity contribution in [1.82, 2.24) is 15.1 Å². The maximum Gasteiger partial charge on any atom is 0.251 e. The van der Waals surface area contributed by atoms with Crippen LogP contribution < -0.4 is 5.32 Å². The Morgan fingerprint density at radius 3 is 2.69 bits per heavy atom. The molecule has 1 aromatic heterocycles. The summed E-state index contributed by atoms with van der Waals surface area (Å²) >= 11 is 0. The van der Waals surface area contributed by atoms with E-state index in [0.29, 0.717) is 6.54 Å². The van der Waals surface area contributed by atoms with E-state index in [9.17, 15) is 4.79 Å². The second-order valence-electron chi connectivity index (χ2n) is 6.83. The topological polar surface area (TPSA) is 46.9 Å². The van der Waals surface area contributed by atoms with Crippen molar-refractivity contribution in [2.45, 2.75) is 32.1 Å². The molecule has 1 amide bonds. The third kappa shape index (κ3) is 3.69. The van der Waals surface area contributed by atoms with E-state index in [-0.39, 0.29) is 5.91 Å². The first-order valence-electron chi connectivity index (χ1n) is 9.28. The Morgan fingerprint density at radius 2 is 1.85 bits per heavy atom. The lowest BCUT2D eigenvalue weighted by atomic mass is 9.90. The van der Waals surface area contributed by atoms with E-state index >= 15 is 0 Å². The molecule has 0 bridgehead atoms. The molecule has 1 N–H and O–H groups in total. The third-order valence-corrected chi connectivity index (χ3v) is 4.97. The highest BCUT2D eigenvalue weighted by molar-refractivity contribution is 5.94. The lowest BCUT2D eigenvalue weighted by Gasteiger charge is -2.16. The fraction of sp³-hybridized carbons (Fsp3) is 0.273. The molecule has 0 fully saturated rings. The van der Waals surface area contributed by atoms with Crippen LogP contribution in [0.1, 0.15) is 39.9 Å². The van der Waals surface area contributed by atoms with E-state index in [4.69, 9.17) is 0 Å². The van der Waals surface area contributed by atoms with Gasteiger partial charge in [-0.1, -0.05) is 24.3 Å². The maximum absolute atomic E-state index is 12.4. The van der Waals surface area contributed by atoms with Crippen molar-refractivity contribution in [2.24, 2.45) is 0 Å². The van der Waals surface area contributed by atoms with Gasteiger partial charge in [0.25, 0.3) is 5.91 Å². The lowest BCUT2D eigenvalue weighted by Crippen LogP contribution is -2.26. The predicted molar refractivity (Wildman–Crippen MR) is 103 cm³/mol. The van der Waals surface area contributed by atoms with Gasteiger partial charge < -0.3 is 5.32 Å². The zero-order valence-electron chi connectivity index (χ0n) is 14.8. The average Bonchev–Trinajstić information content (AvgIpc) is 3.17. The van der Waals surface area contributed by atoms with Gasteiger partial charge in [-0.15, -0.1) is 0 Å². The van der Waals surface area contributed by atoms with Crippen LogP contribution >= 0.6 is 0 Å². The molecule has 2 aromatic carbocycles. The molecule has 4 rings (SSSR count). The number of hydrogen-bond acceptors (Lipinski definition) is 2. The van der Waals surface area contributed by atoms with Crippen LogP contribution in [-0.2, 0) is 19.3 Å². The molecule has 0 saturated carbocycles. The van der Waals surface area contributed by atoms with E-state index in [1.54, 1.807) is 0 Å². The van der Waals surface area contributed by atoms with Gasteiger partial charge in [0.05, 0.1) is 11.9 Å². The number of carbonyl (C=O) groups is 1. The Balaban J connectivity index is 1.33. The summed E-state index contributed by atoms with van der Waals surface area (Å²) in [6.07, 6.45) is 9.36. The van der Waals surface area contributed by atoms with Crippen molar-refractivity contribution in [3.8, 4) is 5.69 Å². The van der Waals surface area contributed by atoms with Gasteiger partial charge in [0.2, 0.25) is 0 Å². The highest BCUT2D eigenvalue weighted by atomic mass is 16.1. The van der Waals surface area contributed by atoms with E-state index in [2.05, 4.69) is 22.5 Å². The van der Waals surface area contributed by atoms with Crippen LogP contribution in [0.4, 0.5) is 0 Å². The Bertz CT molecular complexity index is 899. The van der Waals surface area contributed by atoms with Crippen molar-refractivity contribution < 1.29 is 4.79 Å². The maximum atomic E-state index is 12.4. The molecule has 0 atom stereocenters. The quantitative estimate of drug-likeness (QED) is 0.766. The van der Waals surface area contributed by atoms with E-state index in [1.165, 1.54) is 24.0 Å². The van der Waals surface area contributed by atoms with E-state index in [0.717, 1.165) is 36.1 Å². The number of carbonyl (C=O) groups excluding carboxylic acids is 1. The Morgan fingerprint density at radius 1 is 1.04 bits per heavy atom. The molecular formula is C22H23N3O. The minimum Gasteiger partial charge on any atom is -0.352 e. The van der Waals surface area contributed by atoms with Crippen molar-refractivity contribution in [1.29, 1.82) is 0 Å². The van der Waals surface area contributed by atoms with Gasteiger partial charge in [-0.3, -0.25) is 4.79 Å². The summed E-state index contributed by atoms with van der Waals surface area (Å²) in [5.41, 5.74) is 5.66. The molecule has 1 heterocycles. The second kappa shape index (κ2) is 7.56. The molecule has 0 unspecified atom stereocenters. The molecule has 4 heteroatoms. The third-order valence-electron chi connectivity index (χ3n) is 4.97. The number of hydrogen-bond donors (Lipinski definition) is 1. The molecule has 26 heavy (non-hydrogen) atoms. The molecule has 132 valence electrons. The summed E-state index contributed by atoms with van der Waals surface area (Å²) in [4.78, 5) is 12.4. The molecule has 0 spiro atoms. The van der Waals surface area contributed by atoms with Gasteiger partial charge in [0.15, 0.2) is 0 Å². The monoisotopic (exact) mass is 345 g/mol. The number of aromatic nitrogens is 2. The Labute approximate surface area is 153 Å². The minimum absolute atomic E-state index is 0.00817. The van der Waals surface area contributed by atoms with Crippen LogP contribution in [0.2, 0.25) is 0 Å². The standard InChI is InChI=1S/C22H23N3O/c26-22(20-11-10-18-6-4-5-7-19(18)14-20)23-13-12-17-15-24-25(16-17)21-8-2-1-3-9-21/h1-3,8-11,14-16H,4-7,12-13H2,(H,23,26). The first kappa shape index (κ1) is 16.6. The Kier molecular flexibility index (Phi) is 4.82. The fourth-order valence-electron chi connectivity index (χ4n) is 3.51. The highest BCUT2D eigenvalue weighted by Gasteiger charge is 2.12. The van der Waals surface area contributed by atoms with Gasteiger partial charge in [-0.05, 0) is 73.1 Å². The minimum atomic E-state index is 0.00817. The summed E-state index contributed by atoms with van der Waals surface area (Å²) in [6, 6.07) is 16.2. The smallest absolute Gasteiger partial charge is 0.251 e. The molecular weight excluding hydrogens is 322 g/mol. The van der Waals surface area contributed by atoms with Gasteiger partial charge in [0, 0.05) is 18.3 Å². The Hall–Kier alpha value is -2.88. The molecule has 3 aromatic rings. The summed E-state index contributed by atoms with van der Waals surface area (Å²) in [6.45, 7) is 0.608. The van der Waals surface area contributed by atoms with E-state index in [1.807, 2.05) is 53.5 Å². The first-order chi connectivity index (χ1) is 12.8. The lowest BCUT2D eigenvalue weighted by molar-refractivity contribution is 0.0954. The summed E-state index contributed by atoms with van der Waals surface area (Å²) in [7, 11) is 0. The summed E-state index contributed by atoms with van der Waals surface area (Å²) < 4.78 is 1.86. The number of aryl methyl sites for hydroxylation is 2.